The fourth-order valence-electron chi connectivity index (χ4n) is 2.18. The lowest BCUT2D eigenvalue weighted by Gasteiger charge is -2.04. The van der Waals surface area contributed by atoms with Crippen molar-refractivity contribution in [3.05, 3.63) is 59.4 Å². The molecule has 3 aromatic rings. The average molecular weight is 292 g/mol. The second-order valence-corrected chi connectivity index (χ2v) is 4.71. The molecule has 2 heterocycles. The zero-order valence-corrected chi connectivity index (χ0v) is 11.6. The zero-order chi connectivity index (χ0) is 15.5. The van der Waals surface area contributed by atoms with Gasteiger partial charge < -0.3 is 10.2 Å². The molecule has 0 atom stereocenters. The number of benzene rings is 1. The lowest BCUT2D eigenvalue weighted by molar-refractivity contribution is 0.112. The molecule has 6 heteroatoms. The lowest BCUT2D eigenvalue weighted by atomic mass is 10.1. The molecule has 0 bridgehead atoms. The maximum atomic E-state index is 11.3. The molecule has 0 aliphatic rings. The van der Waals surface area contributed by atoms with Crippen molar-refractivity contribution in [1.29, 1.82) is 5.26 Å². The largest absolute Gasteiger partial charge is 0.463 e. The number of aldehydes is 1. The van der Waals surface area contributed by atoms with E-state index in [0.717, 1.165) is 5.56 Å². The molecule has 0 saturated heterocycles. The van der Waals surface area contributed by atoms with Crippen molar-refractivity contribution in [1.82, 2.24) is 9.78 Å². The third-order valence-electron chi connectivity index (χ3n) is 3.32. The predicted octanol–water partition coefficient (Wildman–Crippen LogP) is 2.46. The molecule has 6 nitrogen and oxygen atoms in total. The molecule has 0 aliphatic carbocycles. The van der Waals surface area contributed by atoms with Gasteiger partial charge in [-0.25, -0.2) is 4.68 Å². The number of furan rings is 1. The number of nitrogen functional groups attached to an aromatic ring is 1. The number of carbonyl (C=O) groups is 1. The summed E-state index contributed by atoms with van der Waals surface area (Å²) in [6, 6.07) is 12.6. The summed E-state index contributed by atoms with van der Waals surface area (Å²) in [4.78, 5) is 11.3. The van der Waals surface area contributed by atoms with Crippen molar-refractivity contribution in [2.75, 3.05) is 5.73 Å². The van der Waals surface area contributed by atoms with E-state index in [-0.39, 0.29) is 5.82 Å². The Hall–Kier alpha value is -3.33. The van der Waals surface area contributed by atoms with E-state index in [1.807, 2.05) is 12.1 Å². The SMILES string of the molecule is N#Cc1ccc(Cn2nc(-c3ccco3)c(C=O)c2N)cc1. The van der Waals surface area contributed by atoms with Crippen LogP contribution in [0.25, 0.3) is 11.5 Å². The molecule has 0 amide bonds. The number of rotatable bonds is 4. The maximum Gasteiger partial charge on any atom is 0.156 e. The summed E-state index contributed by atoms with van der Waals surface area (Å²) >= 11 is 0. The smallest absolute Gasteiger partial charge is 0.156 e. The third kappa shape index (κ3) is 2.36. The number of nitrogens with zero attached hydrogens (tertiary/aromatic N) is 3. The highest BCUT2D eigenvalue weighted by Gasteiger charge is 2.18. The molecule has 0 unspecified atom stereocenters. The number of anilines is 1. The van der Waals surface area contributed by atoms with Gasteiger partial charge in [-0.2, -0.15) is 10.4 Å². The summed E-state index contributed by atoms with van der Waals surface area (Å²) < 4.78 is 6.83. The van der Waals surface area contributed by atoms with Crippen molar-refractivity contribution in [2.24, 2.45) is 0 Å². The minimum atomic E-state index is 0.283. The molecule has 3 rings (SSSR count). The fourth-order valence-corrected chi connectivity index (χ4v) is 2.18. The van der Waals surface area contributed by atoms with E-state index >= 15 is 0 Å². The minimum absolute atomic E-state index is 0.283. The predicted molar refractivity (Wildman–Crippen MR) is 80.0 cm³/mol. The van der Waals surface area contributed by atoms with Gasteiger partial charge in [0.15, 0.2) is 12.0 Å². The van der Waals surface area contributed by atoms with Gasteiger partial charge in [-0.05, 0) is 29.8 Å². The maximum absolute atomic E-state index is 11.3. The molecular formula is C16H12N4O2. The highest BCUT2D eigenvalue weighted by atomic mass is 16.3. The quantitative estimate of drug-likeness (QED) is 0.745. The number of aromatic nitrogens is 2. The van der Waals surface area contributed by atoms with Gasteiger partial charge in [-0.15, -0.1) is 0 Å². The number of hydrogen-bond acceptors (Lipinski definition) is 5. The molecule has 0 aliphatic heterocycles. The molecule has 0 saturated carbocycles. The van der Waals surface area contributed by atoms with Gasteiger partial charge in [0, 0.05) is 0 Å². The average Bonchev–Trinajstić information content (AvgIpc) is 3.17. The molecule has 0 fully saturated rings. The van der Waals surface area contributed by atoms with Crippen LogP contribution in [0.15, 0.2) is 47.1 Å². The molecule has 0 radical (unpaired) electrons. The molecular weight excluding hydrogens is 280 g/mol. The van der Waals surface area contributed by atoms with Crippen molar-refractivity contribution in [2.45, 2.75) is 6.54 Å². The Morgan fingerprint density at radius 1 is 1.32 bits per heavy atom. The van der Waals surface area contributed by atoms with Gasteiger partial charge >= 0.3 is 0 Å². The first-order valence-corrected chi connectivity index (χ1v) is 6.57. The van der Waals surface area contributed by atoms with Gasteiger partial charge in [0.2, 0.25) is 0 Å². The van der Waals surface area contributed by atoms with Crippen molar-refractivity contribution in [3.63, 3.8) is 0 Å². The van der Waals surface area contributed by atoms with Gasteiger partial charge in [0.05, 0.1) is 30.0 Å². The standard InChI is InChI=1S/C16H12N4O2/c17-8-11-3-5-12(6-4-11)9-20-16(18)13(10-21)15(19-20)14-2-1-7-22-14/h1-7,10H,9,18H2. The molecule has 108 valence electrons. The van der Waals surface area contributed by atoms with Crippen molar-refractivity contribution < 1.29 is 9.21 Å². The number of nitriles is 1. The van der Waals surface area contributed by atoms with Crippen molar-refractivity contribution >= 4 is 12.1 Å². The molecule has 0 spiro atoms. The van der Waals surface area contributed by atoms with Crippen LogP contribution >= 0.6 is 0 Å². The Morgan fingerprint density at radius 2 is 2.09 bits per heavy atom. The van der Waals surface area contributed by atoms with E-state index in [1.54, 1.807) is 28.9 Å². The first-order valence-electron chi connectivity index (χ1n) is 6.57. The normalized spacial score (nSPS) is 10.3. The first kappa shape index (κ1) is 13.6. The highest BCUT2D eigenvalue weighted by molar-refractivity contribution is 5.90. The van der Waals surface area contributed by atoms with Crippen LogP contribution < -0.4 is 5.73 Å². The monoisotopic (exact) mass is 292 g/mol. The summed E-state index contributed by atoms with van der Waals surface area (Å²) in [5.74, 6) is 0.776. The van der Waals surface area contributed by atoms with Crippen LogP contribution in [0.5, 0.6) is 0 Å². The van der Waals surface area contributed by atoms with E-state index in [2.05, 4.69) is 11.2 Å². The van der Waals surface area contributed by atoms with Crippen LogP contribution in [0.4, 0.5) is 5.82 Å². The summed E-state index contributed by atoms with van der Waals surface area (Å²) in [7, 11) is 0. The Kier molecular flexibility index (Phi) is 3.46. The van der Waals surface area contributed by atoms with E-state index in [0.29, 0.717) is 35.4 Å². The number of nitrogens with two attached hydrogens (primary N) is 1. The van der Waals surface area contributed by atoms with Crippen molar-refractivity contribution in [3.8, 4) is 17.5 Å². The second kappa shape index (κ2) is 5.58. The molecule has 2 aromatic heterocycles. The molecule has 1 aromatic carbocycles. The lowest BCUT2D eigenvalue weighted by Crippen LogP contribution is -2.06. The zero-order valence-electron chi connectivity index (χ0n) is 11.6. The minimum Gasteiger partial charge on any atom is -0.463 e. The van der Waals surface area contributed by atoms with E-state index < -0.39 is 0 Å². The topological polar surface area (TPSA) is 97.8 Å². The summed E-state index contributed by atoms with van der Waals surface area (Å²) in [6.45, 7) is 0.402. The van der Waals surface area contributed by atoms with E-state index in [4.69, 9.17) is 15.4 Å². The first-order chi connectivity index (χ1) is 10.7. The van der Waals surface area contributed by atoms with E-state index in [1.165, 1.54) is 6.26 Å². The number of carbonyl (C=O) groups excluding carboxylic acids is 1. The van der Waals surface area contributed by atoms with Crippen LogP contribution in [0.2, 0.25) is 0 Å². The van der Waals surface area contributed by atoms with Crippen LogP contribution in [0.3, 0.4) is 0 Å². The summed E-state index contributed by atoms with van der Waals surface area (Å²) in [5, 5.41) is 13.2. The fraction of sp³-hybridized carbons (Fsp3) is 0.0625. The Balaban J connectivity index is 1.97. The Morgan fingerprint density at radius 3 is 2.68 bits per heavy atom. The van der Waals surface area contributed by atoms with Gasteiger partial charge in [-0.3, -0.25) is 4.79 Å². The summed E-state index contributed by atoms with van der Waals surface area (Å²) in [6.07, 6.45) is 2.19. The Labute approximate surface area is 126 Å². The van der Waals surface area contributed by atoms with Crippen LogP contribution in [0, 0.1) is 11.3 Å². The van der Waals surface area contributed by atoms with Crippen LogP contribution in [-0.2, 0) is 6.54 Å². The van der Waals surface area contributed by atoms with Gasteiger partial charge in [-0.1, -0.05) is 12.1 Å². The third-order valence-corrected chi connectivity index (χ3v) is 3.32. The number of hydrogen-bond donors (Lipinski definition) is 1. The summed E-state index contributed by atoms with van der Waals surface area (Å²) in [5.41, 5.74) is 8.24. The van der Waals surface area contributed by atoms with Crippen LogP contribution in [-0.4, -0.2) is 16.1 Å². The van der Waals surface area contributed by atoms with E-state index in [9.17, 15) is 4.79 Å². The highest BCUT2D eigenvalue weighted by Crippen LogP contribution is 2.26. The van der Waals surface area contributed by atoms with Gasteiger partial charge in [0.25, 0.3) is 0 Å². The molecule has 22 heavy (non-hydrogen) atoms. The molecule has 2 N–H and O–H groups in total. The van der Waals surface area contributed by atoms with Gasteiger partial charge in [0.1, 0.15) is 11.5 Å². The van der Waals surface area contributed by atoms with Crippen LogP contribution in [0.1, 0.15) is 21.5 Å². The second-order valence-electron chi connectivity index (χ2n) is 4.71. The Bertz CT molecular complexity index is 840.